The van der Waals surface area contributed by atoms with E-state index >= 15 is 0 Å². The molecule has 0 amide bonds. The van der Waals surface area contributed by atoms with Gasteiger partial charge in [0.05, 0.1) is 10.5 Å². The molecular weight excluding hydrogens is 585 g/mol. The fraction of sp³-hybridized carbons (Fsp3) is 0.438. The second kappa shape index (κ2) is 10.5. The second-order valence-corrected chi connectivity index (χ2v) is 13.4. The minimum atomic E-state index is -4.79. The molecule has 0 aromatic heterocycles. The molecule has 0 saturated heterocycles. The van der Waals surface area contributed by atoms with Crippen LogP contribution in [0.15, 0.2) is 58.9 Å². The third kappa shape index (κ3) is 5.69. The third-order valence-electron chi connectivity index (χ3n) is 8.32. The monoisotopic (exact) mass is 616 g/mol. The van der Waals surface area contributed by atoms with Gasteiger partial charge in [0.25, 0.3) is 0 Å². The van der Waals surface area contributed by atoms with Crippen LogP contribution in [0.2, 0.25) is 5.02 Å². The lowest BCUT2D eigenvalue weighted by Gasteiger charge is -2.49. The number of Topliss-reactive ketones (excluding diaryl/α,β-unsaturated/α-hetero) is 2. The zero-order valence-corrected chi connectivity index (χ0v) is 25.3. The summed E-state index contributed by atoms with van der Waals surface area (Å²) < 4.78 is 46.0. The van der Waals surface area contributed by atoms with Crippen LogP contribution < -0.4 is 4.74 Å². The number of hydrogen-bond donors (Lipinski definition) is 0. The number of ether oxygens (including phenoxy) is 1. The van der Waals surface area contributed by atoms with E-state index in [0.717, 1.165) is 17.5 Å². The first-order valence-electron chi connectivity index (χ1n) is 14.1. The van der Waals surface area contributed by atoms with E-state index < -0.39 is 34.0 Å². The van der Waals surface area contributed by atoms with Gasteiger partial charge in [-0.3, -0.25) is 19.7 Å². The summed E-state index contributed by atoms with van der Waals surface area (Å²) in [6.45, 7) is 10.6. The number of ketones is 2. The Morgan fingerprint density at radius 2 is 1.47 bits per heavy atom. The van der Waals surface area contributed by atoms with Crippen LogP contribution in [0.25, 0.3) is 0 Å². The molecular formula is C32H32ClF3N2O5. The summed E-state index contributed by atoms with van der Waals surface area (Å²) in [7, 11) is 0. The number of alkyl halides is 3. The summed E-state index contributed by atoms with van der Waals surface area (Å²) >= 11 is 6.46. The van der Waals surface area contributed by atoms with E-state index in [1.54, 1.807) is 6.07 Å². The van der Waals surface area contributed by atoms with Crippen LogP contribution in [0.5, 0.6) is 11.5 Å². The fourth-order valence-electron chi connectivity index (χ4n) is 6.62. The SMILES string of the molecule is CCN1C2=C(C(=O)CC(C)(C)C2)C(c2cc(Cl)ccc2Oc2ccc(C(F)(F)F)cc2[N+](=O)[O-])C2=C1CC(C)(C)CC2=O. The molecule has 0 spiro atoms. The minimum Gasteiger partial charge on any atom is -0.450 e. The lowest BCUT2D eigenvalue weighted by Crippen LogP contribution is -2.44. The number of carbonyl (C=O) groups excluding carboxylic acids is 2. The summed E-state index contributed by atoms with van der Waals surface area (Å²) in [5, 5.41) is 12.1. The maximum Gasteiger partial charge on any atom is 0.416 e. The standard InChI is InChI=1S/C32H32ClF3N2O5/c1-6-37-21-13-30(2,3)15-23(39)28(21)27(29-22(37)14-31(4,5)16-24(29)40)19-12-18(33)8-10-25(19)43-26-9-7-17(32(34,35)36)11-20(26)38(41)42/h7-12,27H,6,13-16H2,1-5H3. The smallest absolute Gasteiger partial charge is 0.416 e. The van der Waals surface area contributed by atoms with Crippen molar-refractivity contribution in [2.75, 3.05) is 6.54 Å². The number of halogens is 4. The Labute approximate surface area is 252 Å². The van der Waals surface area contributed by atoms with Crippen molar-refractivity contribution in [1.82, 2.24) is 4.90 Å². The Bertz CT molecular complexity index is 1570. The summed E-state index contributed by atoms with van der Waals surface area (Å²) in [5.74, 6) is -1.46. The first-order chi connectivity index (χ1) is 19.9. The summed E-state index contributed by atoms with van der Waals surface area (Å²) in [4.78, 5) is 40.8. The number of nitro groups is 1. The average molecular weight is 617 g/mol. The van der Waals surface area contributed by atoms with Crippen molar-refractivity contribution in [2.45, 2.75) is 72.4 Å². The number of benzene rings is 2. The van der Waals surface area contributed by atoms with Gasteiger partial charge in [-0.05, 0) is 60.9 Å². The second-order valence-electron chi connectivity index (χ2n) is 13.0. The number of nitro benzene ring substituents is 1. The molecule has 2 aromatic rings. The van der Waals surface area contributed by atoms with E-state index in [2.05, 4.69) is 4.90 Å². The van der Waals surface area contributed by atoms with Crippen LogP contribution in [0, 0.1) is 20.9 Å². The van der Waals surface area contributed by atoms with Gasteiger partial charge in [-0.25, -0.2) is 0 Å². The lowest BCUT2D eigenvalue weighted by atomic mass is 9.63. The Kier molecular flexibility index (Phi) is 7.52. The number of hydrogen-bond acceptors (Lipinski definition) is 6. The number of allylic oxidation sites excluding steroid dienone is 4. The normalized spacial score (nSPS) is 20.3. The van der Waals surface area contributed by atoms with E-state index in [9.17, 15) is 32.9 Å². The minimum absolute atomic E-state index is 0.0520. The van der Waals surface area contributed by atoms with Crippen LogP contribution in [0.1, 0.15) is 77.3 Å². The molecule has 3 aliphatic rings. The van der Waals surface area contributed by atoms with Crippen molar-refractivity contribution in [2.24, 2.45) is 10.8 Å². The molecule has 228 valence electrons. The van der Waals surface area contributed by atoms with Gasteiger partial charge >= 0.3 is 11.9 Å². The van der Waals surface area contributed by atoms with E-state index in [-0.39, 0.29) is 46.0 Å². The molecule has 11 heteroatoms. The highest BCUT2D eigenvalue weighted by atomic mass is 35.5. The van der Waals surface area contributed by atoms with E-state index in [1.165, 1.54) is 12.1 Å². The molecule has 7 nitrogen and oxygen atoms in total. The Morgan fingerprint density at radius 3 is 1.95 bits per heavy atom. The molecule has 2 aliphatic carbocycles. The highest BCUT2D eigenvalue weighted by Crippen LogP contribution is 2.56. The molecule has 2 aromatic carbocycles. The molecule has 0 unspecified atom stereocenters. The van der Waals surface area contributed by atoms with E-state index in [4.69, 9.17) is 16.3 Å². The largest absolute Gasteiger partial charge is 0.450 e. The molecule has 0 bridgehead atoms. The highest BCUT2D eigenvalue weighted by Gasteiger charge is 2.49. The van der Waals surface area contributed by atoms with Crippen molar-refractivity contribution < 1.29 is 32.4 Å². The molecule has 0 fully saturated rings. The highest BCUT2D eigenvalue weighted by molar-refractivity contribution is 6.30. The molecule has 0 radical (unpaired) electrons. The van der Waals surface area contributed by atoms with E-state index in [0.29, 0.717) is 48.2 Å². The number of carbonyl (C=O) groups is 2. The molecule has 43 heavy (non-hydrogen) atoms. The van der Waals surface area contributed by atoms with Crippen molar-refractivity contribution in [3.05, 3.63) is 85.2 Å². The third-order valence-corrected chi connectivity index (χ3v) is 8.56. The number of rotatable bonds is 5. The van der Waals surface area contributed by atoms with E-state index in [1.807, 2.05) is 34.6 Å². The maximum atomic E-state index is 13.9. The Balaban J connectivity index is 1.75. The van der Waals surface area contributed by atoms with Crippen molar-refractivity contribution in [3.63, 3.8) is 0 Å². The zero-order chi connectivity index (χ0) is 31.6. The van der Waals surface area contributed by atoms with Gasteiger partial charge in [0, 0.05) is 64.5 Å². The van der Waals surface area contributed by atoms with Gasteiger partial charge in [0.15, 0.2) is 11.6 Å². The van der Waals surface area contributed by atoms with Crippen LogP contribution in [-0.2, 0) is 15.8 Å². The summed E-state index contributed by atoms with van der Waals surface area (Å²) in [5.41, 5.74) is 0.201. The molecule has 0 atom stereocenters. The van der Waals surface area contributed by atoms with Gasteiger partial charge in [-0.15, -0.1) is 0 Å². The predicted molar refractivity (Wildman–Crippen MR) is 155 cm³/mol. The van der Waals surface area contributed by atoms with Crippen LogP contribution >= 0.6 is 11.6 Å². The van der Waals surface area contributed by atoms with Gasteiger partial charge in [0.2, 0.25) is 5.75 Å². The lowest BCUT2D eigenvalue weighted by molar-refractivity contribution is -0.385. The summed E-state index contributed by atoms with van der Waals surface area (Å²) in [6.07, 6.45) is -3.11. The molecule has 1 aliphatic heterocycles. The van der Waals surface area contributed by atoms with Crippen LogP contribution in [0.4, 0.5) is 18.9 Å². The van der Waals surface area contributed by atoms with Crippen LogP contribution in [0.3, 0.4) is 0 Å². The maximum absolute atomic E-state index is 13.9. The molecule has 0 saturated carbocycles. The van der Waals surface area contributed by atoms with Gasteiger partial charge in [-0.1, -0.05) is 39.3 Å². The van der Waals surface area contributed by atoms with Crippen molar-refractivity contribution in [3.8, 4) is 11.5 Å². The topological polar surface area (TPSA) is 89.8 Å². The van der Waals surface area contributed by atoms with Crippen LogP contribution in [-0.4, -0.2) is 27.9 Å². The first kappa shape index (κ1) is 30.8. The Hall–Kier alpha value is -3.66. The Morgan fingerprint density at radius 1 is 0.930 bits per heavy atom. The number of nitrogens with zero attached hydrogens (tertiary/aromatic N) is 2. The van der Waals surface area contributed by atoms with Crippen molar-refractivity contribution >= 4 is 28.9 Å². The quantitative estimate of drug-likeness (QED) is 0.246. The molecule has 1 heterocycles. The average Bonchev–Trinajstić information content (AvgIpc) is 2.86. The zero-order valence-electron chi connectivity index (χ0n) is 24.5. The van der Waals surface area contributed by atoms with Gasteiger partial charge < -0.3 is 9.64 Å². The summed E-state index contributed by atoms with van der Waals surface area (Å²) in [6, 6.07) is 6.54. The van der Waals surface area contributed by atoms with Crippen molar-refractivity contribution in [1.29, 1.82) is 0 Å². The van der Waals surface area contributed by atoms with Gasteiger partial charge in [0.1, 0.15) is 5.75 Å². The fourth-order valence-corrected chi connectivity index (χ4v) is 6.80. The predicted octanol–water partition coefficient (Wildman–Crippen LogP) is 8.76. The molecule has 0 N–H and O–H groups in total. The first-order valence-corrected chi connectivity index (χ1v) is 14.4. The van der Waals surface area contributed by atoms with Gasteiger partial charge in [-0.2, -0.15) is 13.2 Å². The molecule has 5 rings (SSSR count).